The molecule has 1 unspecified atom stereocenters. The van der Waals surface area contributed by atoms with Crippen molar-refractivity contribution < 1.29 is 19.4 Å². The molecule has 0 aromatic heterocycles. The van der Waals surface area contributed by atoms with Gasteiger partial charge in [0.05, 0.1) is 5.60 Å². The molecule has 0 aliphatic carbocycles. The lowest BCUT2D eigenvalue weighted by atomic mass is 9.85. The van der Waals surface area contributed by atoms with Gasteiger partial charge in [0.15, 0.2) is 6.10 Å². The van der Waals surface area contributed by atoms with Gasteiger partial charge in [-0.3, -0.25) is 4.79 Å². The van der Waals surface area contributed by atoms with Crippen LogP contribution in [0.4, 0.5) is 0 Å². The van der Waals surface area contributed by atoms with Crippen molar-refractivity contribution in [2.24, 2.45) is 5.73 Å². The number of hydrogen-bond donors (Lipinski definition) is 2. The number of primary amides is 1. The lowest BCUT2D eigenvalue weighted by molar-refractivity contribution is -0.160. The summed E-state index contributed by atoms with van der Waals surface area (Å²) in [5, 5.41) is 11.8. The maximum Gasteiger partial charge on any atom is 0.337 e. The quantitative estimate of drug-likeness (QED) is 0.650. The number of carboxylic acids is 1. The van der Waals surface area contributed by atoms with Crippen LogP contribution in [0, 0.1) is 6.92 Å². The van der Waals surface area contributed by atoms with Crippen LogP contribution in [-0.2, 0) is 9.53 Å². The smallest absolute Gasteiger partial charge is 0.337 e. The van der Waals surface area contributed by atoms with Gasteiger partial charge in [-0.2, -0.15) is 0 Å². The molecule has 29 heavy (non-hydrogen) atoms. The van der Waals surface area contributed by atoms with Gasteiger partial charge in [-0.25, -0.2) is 4.79 Å². The van der Waals surface area contributed by atoms with Gasteiger partial charge in [-0.05, 0) is 61.2 Å². The highest BCUT2D eigenvalue weighted by Crippen LogP contribution is 2.41. The van der Waals surface area contributed by atoms with Crippen LogP contribution in [0.1, 0.15) is 48.4 Å². The van der Waals surface area contributed by atoms with Gasteiger partial charge in [0.2, 0.25) is 5.91 Å². The number of rotatable bonds is 5. The fraction of sp³-hybridized carbons (Fsp3) is 0.250. The van der Waals surface area contributed by atoms with E-state index >= 15 is 0 Å². The van der Waals surface area contributed by atoms with Gasteiger partial charge in [0.1, 0.15) is 0 Å². The summed E-state index contributed by atoms with van der Waals surface area (Å²) in [7, 11) is 0. The topological polar surface area (TPSA) is 89.6 Å². The van der Waals surface area contributed by atoms with E-state index < -0.39 is 23.6 Å². The minimum atomic E-state index is -1.20. The molecule has 3 rings (SSSR count). The normalized spacial score (nSPS) is 12.7. The number of hydrogen-bond acceptors (Lipinski definition) is 3. The molecule has 0 bridgehead atoms. The van der Waals surface area contributed by atoms with Crippen LogP contribution >= 0.6 is 0 Å². The maximum atomic E-state index is 12.3. The first-order valence-electron chi connectivity index (χ1n) is 9.42. The number of aryl methyl sites for hydroxylation is 1. The molecule has 150 valence electrons. The van der Waals surface area contributed by atoms with E-state index in [1.54, 1.807) is 18.2 Å². The van der Waals surface area contributed by atoms with E-state index in [1.807, 2.05) is 64.1 Å². The van der Waals surface area contributed by atoms with Crippen LogP contribution in [0.3, 0.4) is 0 Å². The average Bonchev–Trinajstić information content (AvgIpc) is 2.64. The summed E-state index contributed by atoms with van der Waals surface area (Å²) in [6.45, 7) is 7.31. The SMILES string of the molecule is Cc1cc2ccccc2c(-c2ccccc2C(N)=O)c1C(OC(C)(C)C)C(=O)O. The van der Waals surface area contributed by atoms with Crippen molar-refractivity contribution in [1.29, 1.82) is 0 Å². The summed E-state index contributed by atoms with van der Waals surface area (Å²) in [6, 6.07) is 16.6. The van der Waals surface area contributed by atoms with Crippen LogP contribution in [0.15, 0.2) is 54.6 Å². The summed E-state index contributed by atoms with van der Waals surface area (Å²) < 4.78 is 5.96. The fourth-order valence-electron chi connectivity index (χ4n) is 3.63. The Balaban J connectivity index is 2.46. The third kappa shape index (κ3) is 4.15. The van der Waals surface area contributed by atoms with Crippen molar-refractivity contribution in [2.75, 3.05) is 0 Å². The van der Waals surface area contributed by atoms with Crippen LogP contribution < -0.4 is 5.73 Å². The zero-order chi connectivity index (χ0) is 21.3. The van der Waals surface area contributed by atoms with Gasteiger partial charge in [-0.15, -0.1) is 0 Å². The Morgan fingerprint density at radius 2 is 1.66 bits per heavy atom. The molecule has 5 heteroatoms. The number of carboxylic acid groups (broad SMARTS) is 1. The highest BCUT2D eigenvalue weighted by molar-refractivity contribution is 6.07. The number of fused-ring (bicyclic) bond motifs is 1. The molecule has 0 spiro atoms. The predicted octanol–water partition coefficient (Wildman–Crippen LogP) is 4.85. The van der Waals surface area contributed by atoms with Gasteiger partial charge >= 0.3 is 5.97 Å². The van der Waals surface area contributed by atoms with Crippen molar-refractivity contribution in [2.45, 2.75) is 39.4 Å². The molecule has 3 N–H and O–H groups in total. The lowest BCUT2D eigenvalue weighted by Crippen LogP contribution is -2.28. The minimum Gasteiger partial charge on any atom is -0.479 e. The zero-order valence-corrected chi connectivity index (χ0v) is 17.0. The van der Waals surface area contributed by atoms with Crippen molar-refractivity contribution in [1.82, 2.24) is 0 Å². The number of aliphatic carboxylic acids is 1. The highest BCUT2D eigenvalue weighted by Gasteiger charge is 2.32. The lowest BCUT2D eigenvalue weighted by Gasteiger charge is -2.29. The Kier molecular flexibility index (Phi) is 5.44. The van der Waals surface area contributed by atoms with Gasteiger partial charge in [0.25, 0.3) is 0 Å². The molecule has 0 heterocycles. The molecular formula is C24H25NO4. The van der Waals surface area contributed by atoms with E-state index in [0.717, 1.165) is 16.3 Å². The summed E-state index contributed by atoms with van der Waals surface area (Å²) in [5.41, 5.74) is 7.85. The van der Waals surface area contributed by atoms with Gasteiger partial charge < -0.3 is 15.6 Å². The van der Waals surface area contributed by atoms with E-state index in [0.29, 0.717) is 22.3 Å². The van der Waals surface area contributed by atoms with Crippen molar-refractivity contribution in [3.05, 3.63) is 71.3 Å². The Hall–Kier alpha value is -3.18. The molecule has 3 aromatic rings. The Morgan fingerprint density at radius 3 is 2.28 bits per heavy atom. The van der Waals surface area contributed by atoms with Crippen molar-refractivity contribution in [3.63, 3.8) is 0 Å². The molecule has 0 radical (unpaired) electrons. The average molecular weight is 391 g/mol. The second kappa shape index (κ2) is 7.68. The largest absolute Gasteiger partial charge is 0.479 e. The van der Waals surface area contributed by atoms with Crippen LogP contribution in [0.2, 0.25) is 0 Å². The first kappa shape index (κ1) is 20.6. The van der Waals surface area contributed by atoms with Crippen molar-refractivity contribution >= 4 is 22.6 Å². The Bertz CT molecular complexity index is 1100. The molecule has 0 fully saturated rings. The molecule has 1 amide bonds. The Labute approximate surface area is 170 Å². The Morgan fingerprint density at radius 1 is 1.03 bits per heavy atom. The zero-order valence-electron chi connectivity index (χ0n) is 17.0. The van der Waals surface area contributed by atoms with Crippen LogP contribution in [0.25, 0.3) is 21.9 Å². The minimum absolute atomic E-state index is 0.337. The summed E-state index contributed by atoms with van der Waals surface area (Å²) in [5.74, 6) is -1.66. The van der Waals surface area contributed by atoms with Crippen LogP contribution in [0.5, 0.6) is 0 Å². The first-order valence-corrected chi connectivity index (χ1v) is 9.42. The predicted molar refractivity (Wildman–Crippen MR) is 114 cm³/mol. The van der Waals surface area contributed by atoms with E-state index in [4.69, 9.17) is 10.5 Å². The first-order chi connectivity index (χ1) is 13.6. The second-order valence-electron chi connectivity index (χ2n) is 8.06. The van der Waals surface area contributed by atoms with E-state index in [9.17, 15) is 14.7 Å². The molecule has 0 saturated heterocycles. The van der Waals surface area contributed by atoms with Crippen molar-refractivity contribution in [3.8, 4) is 11.1 Å². The number of ether oxygens (including phenoxy) is 1. The van der Waals surface area contributed by atoms with Gasteiger partial charge in [-0.1, -0.05) is 48.5 Å². The van der Waals surface area contributed by atoms with E-state index in [1.165, 1.54) is 0 Å². The number of carbonyl (C=O) groups is 2. The van der Waals surface area contributed by atoms with Crippen LogP contribution in [-0.4, -0.2) is 22.6 Å². The second-order valence-corrected chi connectivity index (χ2v) is 8.06. The molecule has 0 aliphatic heterocycles. The molecule has 0 saturated carbocycles. The monoisotopic (exact) mass is 391 g/mol. The third-order valence-corrected chi connectivity index (χ3v) is 4.72. The van der Waals surface area contributed by atoms with Gasteiger partial charge in [0, 0.05) is 11.1 Å². The number of nitrogens with two attached hydrogens (primary N) is 1. The maximum absolute atomic E-state index is 12.3. The summed E-state index contributed by atoms with van der Waals surface area (Å²) in [6.07, 6.45) is -1.20. The number of benzene rings is 3. The molecule has 0 aliphatic rings. The highest BCUT2D eigenvalue weighted by atomic mass is 16.5. The number of carbonyl (C=O) groups excluding carboxylic acids is 1. The summed E-state index contributed by atoms with van der Waals surface area (Å²) in [4.78, 5) is 24.4. The van der Waals surface area contributed by atoms with E-state index in [-0.39, 0.29) is 0 Å². The molecule has 1 atom stereocenters. The molecule has 5 nitrogen and oxygen atoms in total. The fourth-order valence-corrected chi connectivity index (χ4v) is 3.63. The third-order valence-electron chi connectivity index (χ3n) is 4.72. The standard InChI is InChI=1S/C24H25NO4/c1-14-13-15-9-5-6-10-16(15)20(17-11-7-8-12-18(17)22(25)26)19(14)21(23(27)28)29-24(2,3)4/h5-13,21H,1-4H3,(H2,25,26)(H,27,28). The number of amides is 1. The molecule has 3 aromatic carbocycles. The molecular weight excluding hydrogens is 366 g/mol. The van der Waals surface area contributed by atoms with E-state index in [2.05, 4.69) is 0 Å². The summed E-state index contributed by atoms with van der Waals surface area (Å²) >= 11 is 0.